The molecule has 0 amide bonds. The topological polar surface area (TPSA) is 12.9 Å². The van der Waals surface area contributed by atoms with Crippen LogP contribution in [0, 0.1) is 0 Å². The highest BCUT2D eigenvalue weighted by atomic mass is 79.9. The first kappa shape index (κ1) is 15.8. The maximum atomic E-state index is 4.57. The Kier molecular flexibility index (Phi) is 3.35. The third kappa shape index (κ3) is 2.18. The Morgan fingerprint density at radius 3 is 2.50 bits per heavy atom. The predicted octanol–water partition coefficient (Wildman–Crippen LogP) is 6.97. The van der Waals surface area contributed by atoms with Crippen molar-refractivity contribution < 1.29 is 0 Å². The van der Waals surface area contributed by atoms with E-state index in [1.807, 2.05) is 12.3 Å². The lowest BCUT2D eigenvalue weighted by Crippen LogP contribution is -2.15. The van der Waals surface area contributed by atoms with Crippen molar-refractivity contribution in [2.75, 3.05) is 0 Å². The zero-order valence-corrected chi connectivity index (χ0v) is 16.3. The molecule has 0 bridgehead atoms. The summed E-state index contributed by atoms with van der Waals surface area (Å²) >= 11 is 3.47. The van der Waals surface area contributed by atoms with Gasteiger partial charge in [-0.25, -0.2) is 0 Å². The van der Waals surface area contributed by atoms with Crippen molar-refractivity contribution in [2.24, 2.45) is 0 Å². The minimum Gasteiger partial charge on any atom is -0.255 e. The molecule has 0 aliphatic heterocycles. The first-order valence-corrected chi connectivity index (χ1v) is 9.64. The molecule has 0 atom stereocenters. The normalized spacial score (nSPS) is 14.3. The molecular formula is C24H18BrN. The van der Waals surface area contributed by atoms with E-state index in [2.05, 4.69) is 95.4 Å². The lowest BCUT2D eigenvalue weighted by molar-refractivity contribution is 0.661. The molecule has 0 radical (unpaired) electrons. The number of halogens is 1. The van der Waals surface area contributed by atoms with E-state index in [-0.39, 0.29) is 5.41 Å². The number of nitrogens with zero attached hydrogens (tertiary/aromatic N) is 1. The monoisotopic (exact) mass is 399 g/mol. The molecule has 0 fully saturated rings. The van der Waals surface area contributed by atoms with E-state index in [0.717, 1.165) is 10.2 Å². The molecule has 0 saturated heterocycles. The summed E-state index contributed by atoms with van der Waals surface area (Å²) in [7, 11) is 0. The Labute approximate surface area is 161 Å². The Morgan fingerprint density at radius 2 is 1.69 bits per heavy atom. The summed E-state index contributed by atoms with van der Waals surface area (Å²) in [4.78, 5) is 4.57. The van der Waals surface area contributed by atoms with Crippen molar-refractivity contribution in [2.45, 2.75) is 19.3 Å². The average Bonchev–Trinajstić information content (AvgIpc) is 2.90. The molecule has 1 aromatic heterocycles. The molecule has 3 aromatic carbocycles. The quantitative estimate of drug-likeness (QED) is 0.336. The van der Waals surface area contributed by atoms with Gasteiger partial charge < -0.3 is 0 Å². The first-order chi connectivity index (χ1) is 12.6. The number of aromatic nitrogens is 1. The van der Waals surface area contributed by atoms with Gasteiger partial charge in [0.1, 0.15) is 0 Å². The first-order valence-electron chi connectivity index (χ1n) is 8.85. The fourth-order valence-electron chi connectivity index (χ4n) is 4.21. The van der Waals surface area contributed by atoms with Crippen LogP contribution in [0.4, 0.5) is 0 Å². The van der Waals surface area contributed by atoms with E-state index in [4.69, 9.17) is 0 Å². The standard InChI is InChI=1S/C24H18BrN/c1-24(2)20-11-8-15-5-3-4-6-18(15)23(20)19-10-7-16(13-21(19)24)22-12-9-17(25)14-26-22/h3-14H,1-2H3. The van der Waals surface area contributed by atoms with Gasteiger partial charge in [-0.1, -0.05) is 62.4 Å². The largest absolute Gasteiger partial charge is 0.255 e. The molecule has 1 aliphatic carbocycles. The summed E-state index contributed by atoms with van der Waals surface area (Å²) in [5, 5.41) is 2.64. The highest BCUT2D eigenvalue weighted by Crippen LogP contribution is 2.51. The maximum Gasteiger partial charge on any atom is 0.0702 e. The van der Waals surface area contributed by atoms with E-state index in [0.29, 0.717) is 0 Å². The van der Waals surface area contributed by atoms with Gasteiger partial charge in [0.05, 0.1) is 5.69 Å². The summed E-state index contributed by atoms with van der Waals surface area (Å²) in [5.74, 6) is 0. The van der Waals surface area contributed by atoms with Crippen LogP contribution >= 0.6 is 15.9 Å². The molecule has 0 saturated carbocycles. The van der Waals surface area contributed by atoms with E-state index in [9.17, 15) is 0 Å². The van der Waals surface area contributed by atoms with Gasteiger partial charge in [-0.05, 0) is 67.2 Å². The molecule has 126 valence electrons. The lowest BCUT2D eigenvalue weighted by Gasteiger charge is -2.22. The molecule has 1 heterocycles. The summed E-state index contributed by atoms with van der Waals surface area (Å²) in [6.07, 6.45) is 1.86. The number of fused-ring (bicyclic) bond motifs is 5. The summed E-state index contributed by atoms with van der Waals surface area (Å²) in [5.41, 5.74) is 7.69. The number of benzene rings is 3. The lowest BCUT2D eigenvalue weighted by atomic mass is 9.81. The van der Waals surface area contributed by atoms with Crippen LogP contribution in [0.2, 0.25) is 0 Å². The average molecular weight is 400 g/mol. The van der Waals surface area contributed by atoms with Crippen LogP contribution in [0.15, 0.2) is 77.4 Å². The molecule has 0 unspecified atom stereocenters. The van der Waals surface area contributed by atoms with Crippen molar-refractivity contribution in [1.29, 1.82) is 0 Å². The Morgan fingerprint density at radius 1 is 0.846 bits per heavy atom. The third-order valence-electron chi connectivity index (χ3n) is 5.59. The molecule has 0 spiro atoms. The number of pyridine rings is 1. The maximum absolute atomic E-state index is 4.57. The van der Waals surface area contributed by atoms with Crippen LogP contribution in [-0.4, -0.2) is 4.98 Å². The van der Waals surface area contributed by atoms with Gasteiger partial charge in [0.2, 0.25) is 0 Å². The minimum absolute atomic E-state index is 0.0138. The van der Waals surface area contributed by atoms with Crippen LogP contribution in [0.1, 0.15) is 25.0 Å². The smallest absolute Gasteiger partial charge is 0.0702 e. The van der Waals surface area contributed by atoms with Crippen LogP contribution in [0.5, 0.6) is 0 Å². The SMILES string of the molecule is CC1(C)c2cc(-c3ccc(Br)cn3)ccc2-c2c1ccc1ccccc21. The molecule has 1 aliphatic rings. The number of rotatable bonds is 1. The number of hydrogen-bond donors (Lipinski definition) is 0. The fourth-order valence-corrected chi connectivity index (χ4v) is 4.45. The second-order valence-electron chi connectivity index (χ2n) is 7.46. The fraction of sp³-hybridized carbons (Fsp3) is 0.125. The highest BCUT2D eigenvalue weighted by Gasteiger charge is 2.36. The van der Waals surface area contributed by atoms with Crippen LogP contribution in [0.25, 0.3) is 33.2 Å². The Hall–Kier alpha value is -2.45. The zero-order chi connectivity index (χ0) is 17.9. The van der Waals surface area contributed by atoms with Crippen molar-refractivity contribution in [3.8, 4) is 22.4 Å². The van der Waals surface area contributed by atoms with Crippen molar-refractivity contribution in [3.63, 3.8) is 0 Å². The molecule has 1 nitrogen and oxygen atoms in total. The molecule has 0 N–H and O–H groups in total. The zero-order valence-electron chi connectivity index (χ0n) is 14.8. The van der Waals surface area contributed by atoms with Crippen LogP contribution in [-0.2, 0) is 5.41 Å². The van der Waals surface area contributed by atoms with Gasteiger partial charge in [0.25, 0.3) is 0 Å². The highest BCUT2D eigenvalue weighted by molar-refractivity contribution is 9.10. The van der Waals surface area contributed by atoms with E-state index < -0.39 is 0 Å². The van der Waals surface area contributed by atoms with Gasteiger partial charge in [-0.3, -0.25) is 4.98 Å². The van der Waals surface area contributed by atoms with Crippen LogP contribution in [0.3, 0.4) is 0 Å². The van der Waals surface area contributed by atoms with Gasteiger partial charge in [-0.2, -0.15) is 0 Å². The van der Waals surface area contributed by atoms with Gasteiger partial charge in [-0.15, -0.1) is 0 Å². The molecule has 4 aromatic rings. The number of hydrogen-bond acceptors (Lipinski definition) is 1. The third-order valence-corrected chi connectivity index (χ3v) is 6.06. The van der Waals surface area contributed by atoms with Crippen LogP contribution < -0.4 is 0 Å². The second-order valence-corrected chi connectivity index (χ2v) is 8.37. The second kappa shape index (κ2) is 5.52. The summed E-state index contributed by atoms with van der Waals surface area (Å²) in [6.45, 7) is 4.65. The summed E-state index contributed by atoms with van der Waals surface area (Å²) < 4.78 is 1.00. The molecule has 5 rings (SSSR count). The molecular weight excluding hydrogens is 382 g/mol. The van der Waals surface area contributed by atoms with E-state index in [1.54, 1.807) is 0 Å². The van der Waals surface area contributed by atoms with Gasteiger partial charge >= 0.3 is 0 Å². The van der Waals surface area contributed by atoms with Gasteiger partial charge in [0, 0.05) is 21.6 Å². The van der Waals surface area contributed by atoms with Crippen molar-refractivity contribution in [3.05, 3.63) is 88.5 Å². The molecule has 2 heteroatoms. The van der Waals surface area contributed by atoms with Gasteiger partial charge in [0.15, 0.2) is 0 Å². The van der Waals surface area contributed by atoms with Crippen molar-refractivity contribution in [1.82, 2.24) is 4.98 Å². The summed E-state index contributed by atoms with van der Waals surface area (Å²) in [6, 6.07) is 24.1. The molecule has 26 heavy (non-hydrogen) atoms. The minimum atomic E-state index is -0.0138. The Balaban J connectivity index is 1.77. The van der Waals surface area contributed by atoms with Crippen molar-refractivity contribution >= 4 is 26.7 Å². The van der Waals surface area contributed by atoms with E-state index >= 15 is 0 Å². The predicted molar refractivity (Wildman–Crippen MR) is 112 cm³/mol. The Bertz CT molecular complexity index is 1160. The van der Waals surface area contributed by atoms with E-state index in [1.165, 1.54) is 38.6 Å².